The van der Waals surface area contributed by atoms with Crippen molar-refractivity contribution in [1.29, 1.82) is 0 Å². The molecule has 8 atom stereocenters. The molecule has 0 radical (unpaired) electrons. The van der Waals surface area contributed by atoms with E-state index in [-0.39, 0.29) is 55.4 Å². The van der Waals surface area contributed by atoms with Crippen molar-refractivity contribution in [3.05, 3.63) is 48.0 Å². The van der Waals surface area contributed by atoms with Gasteiger partial charge in [-0.2, -0.15) is 0 Å². The molecule has 1 aromatic rings. The highest BCUT2D eigenvalue weighted by Gasteiger charge is 2.44. The molecule has 0 aliphatic carbocycles. The van der Waals surface area contributed by atoms with Gasteiger partial charge in [0.05, 0.1) is 36.6 Å². The molecule has 63 heavy (non-hydrogen) atoms. The van der Waals surface area contributed by atoms with Gasteiger partial charge in [0.1, 0.15) is 17.6 Å². The lowest BCUT2D eigenvalue weighted by Gasteiger charge is -2.41. The Morgan fingerprint density at radius 1 is 0.937 bits per heavy atom. The van der Waals surface area contributed by atoms with E-state index in [1.165, 1.54) is 31.3 Å². The fourth-order valence-electron chi connectivity index (χ4n) is 8.39. The summed E-state index contributed by atoms with van der Waals surface area (Å²) >= 11 is 0. The van der Waals surface area contributed by atoms with Gasteiger partial charge in [-0.15, -0.1) is 0 Å². The molecule has 0 bridgehead atoms. The number of carbonyl (C=O) groups excluding carboxylic acids is 7. The van der Waals surface area contributed by atoms with Crippen LogP contribution in [0.25, 0.3) is 0 Å². The summed E-state index contributed by atoms with van der Waals surface area (Å²) in [5.41, 5.74) is -0.633. The van der Waals surface area contributed by atoms with Crippen LogP contribution >= 0.6 is 0 Å². The van der Waals surface area contributed by atoms with Crippen LogP contribution in [0.2, 0.25) is 0 Å². The van der Waals surface area contributed by atoms with Crippen LogP contribution in [0.1, 0.15) is 99.0 Å². The van der Waals surface area contributed by atoms with Gasteiger partial charge in [-0.1, -0.05) is 71.4 Å². The maximum Gasteiger partial charge on any atom is 0.326 e. The van der Waals surface area contributed by atoms with Crippen LogP contribution in [0.5, 0.6) is 0 Å². The van der Waals surface area contributed by atoms with E-state index in [1.54, 1.807) is 70.8 Å². The van der Waals surface area contributed by atoms with E-state index >= 15 is 0 Å². The van der Waals surface area contributed by atoms with Crippen molar-refractivity contribution in [3.63, 3.8) is 0 Å². The molecule has 0 spiro atoms. The number of nitrogens with zero attached hydrogens (tertiary/aromatic N) is 3. The number of hydrogen-bond donors (Lipinski definition) is 4. The molecule has 4 N–H and O–H groups in total. The maximum absolute atomic E-state index is 14.4. The average Bonchev–Trinajstić information content (AvgIpc) is 3.85. The number of rotatable bonds is 25. The molecule has 7 amide bonds. The minimum atomic E-state index is -1.39. The van der Waals surface area contributed by atoms with Crippen LogP contribution in [0.15, 0.2) is 42.5 Å². The van der Waals surface area contributed by atoms with Crippen molar-refractivity contribution in [2.75, 3.05) is 34.4 Å². The summed E-state index contributed by atoms with van der Waals surface area (Å²) in [5.74, 6) is -5.37. The van der Waals surface area contributed by atoms with Crippen LogP contribution in [0.3, 0.4) is 0 Å². The van der Waals surface area contributed by atoms with Crippen molar-refractivity contribution in [3.8, 4) is 0 Å². The third-order valence-electron chi connectivity index (χ3n) is 12.3. The Kier molecular flexibility index (Phi) is 19.9. The van der Waals surface area contributed by atoms with Crippen molar-refractivity contribution < 1.29 is 52.9 Å². The number of hydrogen-bond acceptors (Lipinski definition) is 10. The van der Waals surface area contributed by atoms with E-state index < -0.39 is 77.4 Å². The van der Waals surface area contributed by atoms with Gasteiger partial charge in [0, 0.05) is 59.4 Å². The second kappa shape index (κ2) is 24.1. The van der Waals surface area contributed by atoms with Gasteiger partial charge >= 0.3 is 5.97 Å². The Bertz CT molecular complexity index is 1780. The molecule has 17 heteroatoms. The van der Waals surface area contributed by atoms with Gasteiger partial charge in [0.2, 0.25) is 29.5 Å². The molecule has 0 aromatic heterocycles. The van der Waals surface area contributed by atoms with Gasteiger partial charge in [-0.25, -0.2) is 4.79 Å². The minimum absolute atomic E-state index is 0.0599. The Labute approximate surface area is 372 Å². The molecule has 1 aromatic carbocycles. The maximum atomic E-state index is 14.4. The second-order valence-electron chi connectivity index (χ2n) is 17.7. The number of imide groups is 1. The smallest absolute Gasteiger partial charge is 0.326 e. The molecule has 350 valence electrons. The number of carboxylic acids is 1. The van der Waals surface area contributed by atoms with E-state index in [9.17, 15) is 43.5 Å². The zero-order chi connectivity index (χ0) is 47.2. The van der Waals surface area contributed by atoms with Crippen LogP contribution in [-0.2, 0) is 54.3 Å². The molecule has 7 unspecified atom stereocenters. The normalized spacial score (nSPS) is 18.6. The first-order valence-electron chi connectivity index (χ1n) is 22.0. The van der Waals surface area contributed by atoms with Crippen LogP contribution in [-0.4, -0.2) is 143 Å². The monoisotopic (exact) mass is 883 g/mol. The third-order valence-corrected chi connectivity index (χ3v) is 12.3. The number of methoxy groups -OCH3 is 2. The Balaban J connectivity index is 1.69. The number of likely N-dealkylation sites (tertiary alicyclic amines) is 1. The topological polar surface area (TPSA) is 221 Å². The van der Waals surface area contributed by atoms with Crippen molar-refractivity contribution in [1.82, 2.24) is 30.7 Å². The summed E-state index contributed by atoms with van der Waals surface area (Å²) in [6, 6.07) is 5.79. The van der Waals surface area contributed by atoms with Gasteiger partial charge in [-0.3, -0.25) is 38.5 Å². The summed E-state index contributed by atoms with van der Waals surface area (Å²) in [5, 5.41) is 18.2. The van der Waals surface area contributed by atoms with E-state index in [1.807, 2.05) is 19.9 Å². The average molecular weight is 883 g/mol. The molecule has 0 saturated carbocycles. The molecule has 1 fully saturated rings. The van der Waals surface area contributed by atoms with Gasteiger partial charge < -0.3 is 40.3 Å². The summed E-state index contributed by atoms with van der Waals surface area (Å²) in [4.78, 5) is 109. The van der Waals surface area contributed by atoms with Gasteiger partial charge in [0.15, 0.2) is 0 Å². The van der Waals surface area contributed by atoms with Crippen LogP contribution in [0, 0.1) is 17.8 Å². The first-order chi connectivity index (χ1) is 29.7. The molecular weight excluding hydrogens is 813 g/mol. The van der Waals surface area contributed by atoms with Crippen molar-refractivity contribution >= 4 is 47.3 Å². The highest BCUT2D eigenvalue weighted by molar-refractivity contribution is 6.12. The summed E-state index contributed by atoms with van der Waals surface area (Å²) in [7, 11) is 4.59. The molecule has 2 aliphatic heterocycles. The van der Waals surface area contributed by atoms with E-state index in [2.05, 4.69) is 16.0 Å². The zero-order valence-corrected chi connectivity index (χ0v) is 38.7. The fraction of sp³-hybridized carbons (Fsp3) is 0.652. The fourth-order valence-corrected chi connectivity index (χ4v) is 8.39. The largest absolute Gasteiger partial charge is 0.480 e. The second-order valence-corrected chi connectivity index (χ2v) is 17.7. The quantitative estimate of drug-likeness (QED) is 0.0827. The third kappa shape index (κ3) is 14.2. The Morgan fingerprint density at radius 3 is 2.13 bits per heavy atom. The summed E-state index contributed by atoms with van der Waals surface area (Å²) < 4.78 is 11.9. The van der Waals surface area contributed by atoms with Crippen LogP contribution in [0.4, 0.5) is 0 Å². The molecular formula is C46H70N6O11. The van der Waals surface area contributed by atoms with Crippen molar-refractivity contribution in [2.24, 2.45) is 17.8 Å². The standard InChI is InChI=1S/C46H70N6O11/c1-11-29(4)40(50(8)43(58)39(28(2)3)48-45(61)46(6,7)49-35(53)21-15-16-24-52-36(54)22-23-37(52)55)34(62-9)27-38(56)51-25-17-20-33(51)41(63-10)30(5)42(57)47-32(44(59)60)26-31-18-13-12-14-19-31/h12-14,18-19,22-23,28-30,32-34,39-41H,11,15-17,20-21,24-27H2,1-10H3,(H,47,57)(H,48,61)(H,49,53)(H,59,60)/t29?,30?,32?,33-,34?,39?,40?,41?/m0/s1. The SMILES string of the molecule is CCC(C)C(C(CC(=O)N1CCC[C@H]1C(OC)C(C)C(=O)NC(Cc1ccccc1)C(=O)O)OC)N(C)C(=O)C(NC(=O)C(C)(C)NC(=O)CCCCN1C(=O)C=CC1=O)C(C)C. The number of amides is 7. The number of benzene rings is 1. The first kappa shape index (κ1) is 52.2. The molecule has 3 rings (SSSR count). The van der Waals surface area contributed by atoms with E-state index in [0.717, 1.165) is 10.5 Å². The minimum Gasteiger partial charge on any atom is -0.480 e. The summed E-state index contributed by atoms with van der Waals surface area (Å²) in [6.07, 6.45) is 3.65. The summed E-state index contributed by atoms with van der Waals surface area (Å²) in [6.45, 7) is 12.9. The number of nitrogens with one attached hydrogen (secondary N) is 3. The van der Waals surface area contributed by atoms with E-state index in [0.29, 0.717) is 38.6 Å². The predicted molar refractivity (Wildman–Crippen MR) is 235 cm³/mol. The van der Waals surface area contributed by atoms with Gasteiger partial charge in [-0.05, 0) is 56.9 Å². The lowest BCUT2D eigenvalue weighted by Crippen LogP contribution is -2.62. The number of carboxylic acid groups (broad SMARTS) is 1. The molecule has 2 heterocycles. The highest BCUT2D eigenvalue weighted by Crippen LogP contribution is 2.30. The zero-order valence-electron chi connectivity index (χ0n) is 38.7. The highest BCUT2D eigenvalue weighted by atomic mass is 16.5. The van der Waals surface area contributed by atoms with Gasteiger partial charge in [0.25, 0.3) is 11.8 Å². The number of unbranched alkanes of at least 4 members (excludes halogenated alkanes) is 1. The Hall–Kier alpha value is -5.16. The molecule has 17 nitrogen and oxygen atoms in total. The number of likely N-dealkylation sites (N-methyl/N-ethyl adjacent to an activating group) is 1. The predicted octanol–water partition coefficient (Wildman–Crippen LogP) is 2.85. The number of carbonyl (C=O) groups is 8. The lowest BCUT2D eigenvalue weighted by atomic mass is 9.89. The Morgan fingerprint density at radius 2 is 1.57 bits per heavy atom. The number of ether oxygens (including phenoxy) is 2. The van der Waals surface area contributed by atoms with E-state index in [4.69, 9.17) is 9.47 Å². The van der Waals surface area contributed by atoms with Crippen molar-refractivity contribution in [2.45, 2.75) is 142 Å². The van der Waals surface area contributed by atoms with Crippen LogP contribution < -0.4 is 16.0 Å². The first-order valence-corrected chi connectivity index (χ1v) is 22.0. The molecule has 1 saturated heterocycles. The lowest BCUT2D eigenvalue weighted by molar-refractivity contribution is -0.148. The molecule has 2 aliphatic rings. The number of aliphatic carboxylic acids is 1.